The van der Waals surface area contributed by atoms with E-state index in [9.17, 15) is 48.3 Å². The highest BCUT2D eigenvalue weighted by Gasteiger charge is 2.58. The summed E-state index contributed by atoms with van der Waals surface area (Å²) in [5.41, 5.74) is -0.893. The first-order valence-electron chi connectivity index (χ1n) is 8.37. The van der Waals surface area contributed by atoms with E-state index in [1.54, 1.807) is 0 Å². The second-order valence-electron chi connectivity index (χ2n) is 6.36. The van der Waals surface area contributed by atoms with E-state index in [0.717, 1.165) is 12.1 Å². The van der Waals surface area contributed by atoms with E-state index in [0.29, 0.717) is 6.20 Å². The van der Waals surface area contributed by atoms with Gasteiger partial charge >= 0.3 is 18.3 Å². The van der Waals surface area contributed by atoms with E-state index >= 15 is 0 Å². The first-order valence-corrected chi connectivity index (χ1v) is 10.0. The van der Waals surface area contributed by atoms with Gasteiger partial charge in [0.05, 0.1) is 28.2 Å². The summed E-state index contributed by atoms with van der Waals surface area (Å²) in [6.07, 6.45) is -11.4. The summed E-state index contributed by atoms with van der Waals surface area (Å²) in [5, 5.41) is 1.84. The molecule has 0 spiro atoms. The lowest BCUT2D eigenvalue weighted by molar-refractivity contribution is -0.290. The number of ether oxygens (including phenoxy) is 1. The van der Waals surface area contributed by atoms with Gasteiger partial charge in [-0.15, -0.1) is 0 Å². The number of halogens is 8. The predicted molar refractivity (Wildman–Crippen MR) is 89.4 cm³/mol. The monoisotopic (exact) mass is 482 g/mol. The van der Waals surface area contributed by atoms with Crippen molar-refractivity contribution in [2.45, 2.75) is 31.6 Å². The summed E-state index contributed by atoms with van der Waals surface area (Å²) in [4.78, 5) is 14.7. The molecule has 174 valence electrons. The molecule has 2 heterocycles. The molecule has 6 nitrogen and oxygen atoms in total. The maximum absolute atomic E-state index is 13.1. The van der Waals surface area contributed by atoms with Crippen LogP contribution >= 0.6 is 0 Å². The molecule has 1 aliphatic rings. The predicted octanol–water partition coefficient (Wildman–Crippen LogP) is 3.46. The molecule has 0 radical (unpaired) electrons. The van der Waals surface area contributed by atoms with Crippen LogP contribution in [0.25, 0.3) is 5.70 Å². The van der Waals surface area contributed by atoms with Crippen molar-refractivity contribution in [3.05, 3.63) is 28.9 Å². The van der Waals surface area contributed by atoms with Crippen LogP contribution in [0.5, 0.6) is 5.75 Å². The summed E-state index contributed by atoms with van der Waals surface area (Å²) in [5.74, 6) is -10.4. The number of nitrogens with one attached hydrogen (secondary N) is 1. The molecule has 1 aromatic heterocycles. The van der Waals surface area contributed by atoms with Gasteiger partial charge in [-0.05, 0) is 12.1 Å². The number of pyridine rings is 1. The molecular weight excluding hydrogens is 468 g/mol. The molecule has 31 heavy (non-hydrogen) atoms. The summed E-state index contributed by atoms with van der Waals surface area (Å²) in [6.45, 7) is -0.885. The second-order valence-corrected chi connectivity index (χ2v) is 8.66. The fourth-order valence-corrected chi connectivity index (χ4v) is 3.69. The molecule has 2 rings (SSSR count). The maximum atomic E-state index is 13.1. The SMILES string of the molecule is CCS(=O)(=O)C1=C(c2ccc(OCC(F)(F)C(F)(F)F)cn2)NC(=O)C(C(F)(F)F)C1. The van der Waals surface area contributed by atoms with Crippen molar-refractivity contribution in [1.29, 1.82) is 0 Å². The largest absolute Gasteiger partial charge is 0.485 e. The minimum Gasteiger partial charge on any atom is -0.485 e. The maximum Gasteiger partial charge on any atom is 0.456 e. The van der Waals surface area contributed by atoms with Crippen LogP contribution in [0.2, 0.25) is 0 Å². The highest BCUT2D eigenvalue weighted by atomic mass is 32.2. The number of rotatable bonds is 6. The van der Waals surface area contributed by atoms with Crippen molar-refractivity contribution in [3.8, 4) is 5.75 Å². The van der Waals surface area contributed by atoms with Gasteiger partial charge in [-0.2, -0.15) is 35.1 Å². The van der Waals surface area contributed by atoms with Crippen molar-refractivity contribution in [3.63, 3.8) is 0 Å². The third kappa shape index (κ3) is 5.43. The van der Waals surface area contributed by atoms with Gasteiger partial charge in [0.1, 0.15) is 11.7 Å². The lowest BCUT2D eigenvalue weighted by atomic mass is 9.98. The fraction of sp³-hybridized carbons (Fsp3) is 0.500. The van der Waals surface area contributed by atoms with Crippen LogP contribution in [0.4, 0.5) is 35.1 Å². The van der Waals surface area contributed by atoms with E-state index in [1.165, 1.54) is 6.92 Å². The van der Waals surface area contributed by atoms with Crippen molar-refractivity contribution in [1.82, 2.24) is 10.3 Å². The molecule has 0 aliphatic carbocycles. The molecule has 1 unspecified atom stereocenters. The highest BCUT2D eigenvalue weighted by Crippen LogP contribution is 2.39. The van der Waals surface area contributed by atoms with E-state index < -0.39 is 75.1 Å². The van der Waals surface area contributed by atoms with Crippen LogP contribution < -0.4 is 10.1 Å². The van der Waals surface area contributed by atoms with Gasteiger partial charge in [0.2, 0.25) is 5.91 Å². The number of alkyl halides is 8. The number of carbonyl (C=O) groups is 1. The fourth-order valence-electron chi connectivity index (χ4n) is 2.46. The number of amides is 1. The van der Waals surface area contributed by atoms with Crippen LogP contribution in [-0.2, 0) is 14.6 Å². The normalized spacial score (nSPS) is 18.7. The average Bonchev–Trinajstić information content (AvgIpc) is 2.64. The Bertz CT molecular complexity index is 969. The van der Waals surface area contributed by atoms with E-state index in [1.807, 2.05) is 5.32 Å². The number of allylic oxidation sites excluding steroid dienone is 1. The molecule has 1 atom stereocenters. The Labute approximate surface area is 170 Å². The molecule has 0 aromatic carbocycles. The second kappa shape index (κ2) is 8.24. The van der Waals surface area contributed by atoms with Crippen LogP contribution in [-0.4, -0.2) is 49.9 Å². The Hall–Kier alpha value is -2.45. The highest BCUT2D eigenvalue weighted by molar-refractivity contribution is 7.95. The van der Waals surface area contributed by atoms with E-state index in [-0.39, 0.29) is 5.69 Å². The molecule has 1 amide bonds. The van der Waals surface area contributed by atoms with Gasteiger partial charge in [-0.3, -0.25) is 9.78 Å². The Balaban J connectivity index is 2.37. The van der Waals surface area contributed by atoms with Gasteiger partial charge in [-0.25, -0.2) is 8.42 Å². The van der Waals surface area contributed by atoms with Crippen molar-refractivity contribution < 1.29 is 53.1 Å². The lowest BCUT2D eigenvalue weighted by Crippen LogP contribution is -2.43. The zero-order valence-corrected chi connectivity index (χ0v) is 16.3. The zero-order chi connectivity index (χ0) is 23.8. The summed E-state index contributed by atoms with van der Waals surface area (Å²) < 4.78 is 130. The lowest BCUT2D eigenvalue weighted by Gasteiger charge is -2.28. The Morgan fingerprint density at radius 2 is 1.74 bits per heavy atom. The minimum absolute atomic E-state index is 0.351. The van der Waals surface area contributed by atoms with E-state index in [4.69, 9.17) is 0 Å². The van der Waals surface area contributed by atoms with Gasteiger partial charge in [0, 0.05) is 6.42 Å². The number of carbonyl (C=O) groups excluding carboxylic acids is 1. The van der Waals surface area contributed by atoms with Crippen LogP contribution in [0.15, 0.2) is 23.2 Å². The summed E-state index contributed by atoms with van der Waals surface area (Å²) in [6, 6.07) is 1.75. The van der Waals surface area contributed by atoms with Gasteiger partial charge in [0.15, 0.2) is 16.4 Å². The van der Waals surface area contributed by atoms with Gasteiger partial charge < -0.3 is 10.1 Å². The molecule has 0 saturated carbocycles. The van der Waals surface area contributed by atoms with Gasteiger partial charge in [0.25, 0.3) is 0 Å². The quantitative estimate of drug-likeness (QED) is 0.628. The first-order chi connectivity index (χ1) is 14.0. The number of hydrogen-bond acceptors (Lipinski definition) is 5. The van der Waals surface area contributed by atoms with Crippen LogP contribution in [0, 0.1) is 5.92 Å². The van der Waals surface area contributed by atoms with E-state index in [2.05, 4.69) is 9.72 Å². The number of nitrogens with zero attached hydrogens (tertiary/aromatic N) is 1. The van der Waals surface area contributed by atoms with Crippen molar-refractivity contribution in [2.24, 2.45) is 5.92 Å². The zero-order valence-electron chi connectivity index (χ0n) is 15.4. The van der Waals surface area contributed by atoms with Crippen LogP contribution in [0.1, 0.15) is 19.0 Å². The Morgan fingerprint density at radius 1 is 1.13 bits per heavy atom. The topological polar surface area (TPSA) is 85.4 Å². The number of hydrogen-bond donors (Lipinski definition) is 1. The first kappa shape index (κ1) is 24.8. The Kier molecular flexibility index (Phi) is 6.60. The standard InChI is InChI=1S/C16H14F8N2O4S/c1-2-31(28,29)11-5-9(15(19,20)21)13(27)26-12(11)10-4-3-8(6-25-10)30-7-14(17,18)16(22,23)24/h3-4,6,9H,2,5,7H2,1H3,(H,26,27). The van der Waals surface area contributed by atoms with Crippen molar-refractivity contribution in [2.75, 3.05) is 12.4 Å². The molecule has 0 saturated heterocycles. The van der Waals surface area contributed by atoms with Gasteiger partial charge in [-0.1, -0.05) is 6.92 Å². The summed E-state index contributed by atoms with van der Waals surface area (Å²) >= 11 is 0. The third-order valence-corrected chi connectivity index (χ3v) is 6.09. The molecule has 1 N–H and O–H groups in total. The molecule has 1 aliphatic heterocycles. The molecule has 0 bridgehead atoms. The minimum atomic E-state index is -5.85. The molecule has 0 fully saturated rings. The number of aromatic nitrogens is 1. The molecule has 1 aromatic rings. The molecule has 15 heteroatoms. The number of sulfone groups is 1. The Morgan fingerprint density at radius 3 is 2.19 bits per heavy atom. The third-order valence-electron chi connectivity index (χ3n) is 4.21. The van der Waals surface area contributed by atoms with Crippen molar-refractivity contribution >= 4 is 21.4 Å². The average molecular weight is 482 g/mol. The summed E-state index contributed by atoms with van der Waals surface area (Å²) in [7, 11) is -4.22. The molecular formula is C16H14F8N2O4S. The smallest absolute Gasteiger partial charge is 0.456 e. The van der Waals surface area contributed by atoms with Crippen LogP contribution in [0.3, 0.4) is 0 Å².